The number of hydrogen-bond donors (Lipinski definition) is 0. The van der Waals surface area contributed by atoms with Crippen LogP contribution in [0.5, 0.6) is 0 Å². The van der Waals surface area contributed by atoms with Crippen LogP contribution < -0.4 is 4.90 Å². The Morgan fingerprint density at radius 1 is 0.436 bits per heavy atom. The van der Waals surface area contributed by atoms with Crippen molar-refractivity contribution in [2.45, 2.75) is 88.9 Å². The summed E-state index contributed by atoms with van der Waals surface area (Å²) in [4.78, 5) is 2.58. The maximum atomic E-state index is 2.58. The average molecular weight is 716 g/mol. The maximum absolute atomic E-state index is 2.58. The van der Waals surface area contributed by atoms with Gasteiger partial charge in [-0.1, -0.05) is 137 Å². The molecule has 0 atom stereocenters. The molecule has 12 rings (SSSR count). The van der Waals surface area contributed by atoms with Crippen molar-refractivity contribution >= 4 is 17.1 Å². The zero-order valence-corrected chi connectivity index (χ0v) is 33.0. The van der Waals surface area contributed by atoms with Gasteiger partial charge in [-0.05, 0) is 160 Å². The Kier molecular flexibility index (Phi) is 7.34. The highest BCUT2D eigenvalue weighted by molar-refractivity contribution is 5.96. The van der Waals surface area contributed by atoms with Gasteiger partial charge < -0.3 is 4.90 Å². The van der Waals surface area contributed by atoms with E-state index in [-0.39, 0.29) is 16.2 Å². The van der Waals surface area contributed by atoms with E-state index in [1.165, 1.54) is 107 Å². The summed E-state index contributed by atoms with van der Waals surface area (Å²) < 4.78 is 0. The van der Waals surface area contributed by atoms with Crippen molar-refractivity contribution in [3.8, 4) is 33.4 Å². The minimum Gasteiger partial charge on any atom is -0.310 e. The van der Waals surface area contributed by atoms with Crippen LogP contribution >= 0.6 is 0 Å². The summed E-state index contributed by atoms with van der Waals surface area (Å²) >= 11 is 0. The highest BCUT2D eigenvalue weighted by Crippen LogP contribution is 2.70. The minimum atomic E-state index is 0.129. The van der Waals surface area contributed by atoms with Crippen LogP contribution in [-0.4, -0.2) is 0 Å². The van der Waals surface area contributed by atoms with Crippen LogP contribution in [0.2, 0.25) is 0 Å². The molecular formula is C54H53N. The molecule has 1 heteroatoms. The molecule has 274 valence electrons. The van der Waals surface area contributed by atoms with E-state index < -0.39 is 0 Å². The molecule has 0 aromatic heterocycles. The van der Waals surface area contributed by atoms with Gasteiger partial charge in [0, 0.05) is 22.4 Å². The molecule has 4 fully saturated rings. The Morgan fingerprint density at radius 2 is 1.02 bits per heavy atom. The molecule has 6 aliphatic rings. The lowest BCUT2D eigenvalue weighted by molar-refractivity contribution is -0.0399. The highest BCUT2D eigenvalue weighted by Gasteiger charge is 2.61. The van der Waals surface area contributed by atoms with Crippen molar-refractivity contribution in [3.05, 3.63) is 162 Å². The van der Waals surface area contributed by atoms with Crippen molar-refractivity contribution < 1.29 is 0 Å². The molecule has 6 aromatic carbocycles. The van der Waals surface area contributed by atoms with Gasteiger partial charge in [0.1, 0.15) is 0 Å². The second-order valence-electron chi connectivity index (χ2n) is 19.2. The molecule has 4 saturated carbocycles. The maximum Gasteiger partial charge on any atom is 0.0543 e. The summed E-state index contributed by atoms with van der Waals surface area (Å²) in [5.74, 6) is 3.33. The van der Waals surface area contributed by atoms with Gasteiger partial charge in [-0.2, -0.15) is 0 Å². The topological polar surface area (TPSA) is 3.24 Å². The lowest BCUT2D eigenvalue weighted by Crippen LogP contribution is -2.55. The average Bonchev–Trinajstić information content (AvgIpc) is 3.51. The fraction of sp³-hybridized carbons (Fsp3) is 0.333. The van der Waals surface area contributed by atoms with E-state index in [1.54, 1.807) is 11.1 Å². The van der Waals surface area contributed by atoms with E-state index >= 15 is 0 Å². The van der Waals surface area contributed by atoms with E-state index in [9.17, 15) is 0 Å². The quantitative estimate of drug-likeness (QED) is 0.172. The van der Waals surface area contributed by atoms with Gasteiger partial charge in [0.25, 0.3) is 0 Å². The predicted molar refractivity (Wildman–Crippen MR) is 231 cm³/mol. The van der Waals surface area contributed by atoms with Crippen LogP contribution in [0.4, 0.5) is 17.1 Å². The fourth-order valence-electron chi connectivity index (χ4n) is 12.8. The Balaban J connectivity index is 1.10. The Hall–Kier alpha value is -4.88. The molecule has 0 saturated heterocycles. The Labute approximate surface area is 328 Å². The molecule has 0 unspecified atom stereocenters. The summed E-state index contributed by atoms with van der Waals surface area (Å²) in [6.45, 7) is 9.72. The van der Waals surface area contributed by atoms with Crippen LogP contribution in [-0.2, 0) is 16.2 Å². The van der Waals surface area contributed by atoms with Crippen molar-refractivity contribution in [1.82, 2.24) is 0 Å². The van der Waals surface area contributed by atoms with Gasteiger partial charge in [-0.25, -0.2) is 0 Å². The third kappa shape index (κ3) is 4.97. The van der Waals surface area contributed by atoms with Crippen molar-refractivity contribution in [2.24, 2.45) is 23.7 Å². The normalized spacial score (nSPS) is 26.0. The zero-order valence-electron chi connectivity index (χ0n) is 33.0. The van der Waals surface area contributed by atoms with Crippen molar-refractivity contribution in [2.75, 3.05) is 4.90 Å². The first-order chi connectivity index (χ1) is 26.7. The summed E-state index contributed by atoms with van der Waals surface area (Å²) in [5, 5.41) is 0. The Bertz CT molecular complexity index is 2420. The van der Waals surface area contributed by atoms with Crippen molar-refractivity contribution in [1.29, 1.82) is 0 Å². The third-order valence-corrected chi connectivity index (χ3v) is 15.3. The zero-order chi connectivity index (χ0) is 37.1. The lowest BCUT2D eigenvalue weighted by Gasteiger charge is -2.61. The van der Waals surface area contributed by atoms with Gasteiger partial charge >= 0.3 is 0 Å². The third-order valence-electron chi connectivity index (χ3n) is 15.3. The minimum absolute atomic E-state index is 0.129. The number of anilines is 3. The van der Waals surface area contributed by atoms with Gasteiger partial charge in [0.15, 0.2) is 0 Å². The molecule has 6 aliphatic carbocycles. The fourth-order valence-corrected chi connectivity index (χ4v) is 12.8. The molecule has 4 bridgehead atoms. The SMILES string of the molecule is CC1(C)CCC(C)(C)c2cc(-c3cccc(N(c4ccc(-c5ccccc5)cc4)c4cccc5c4-c4ccccc4C54C5CC6CC(C5)CC4C6)c3)ccc21. The number of benzene rings is 6. The van der Waals surface area contributed by atoms with Crippen LogP contribution in [0.25, 0.3) is 33.4 Å². The standard InChI is InChI=1S/C54H53N/c1-52(2)26-27-53(3,4)49-34-40(22-25-47(49)52)39-14-10-15-44(33-39)55(43-23-20-38(21-24-43)37-12-6-5-7-13-37)50-19-11-18-48-51(50)45-16-8-9-17-46(45)54(48)41-29-35-28-36(31-41)32-42(54)30-35/h5-25,33-36,41-42H,26-32H2,1-4H3. The van der Waals surface area contributed by atoms with E-state index in [2.05, 4.69) is 172 Å². The van der Waals surface area contributed by atoms with Crippen molar-refractivity contribution in [3.63, 3.8) is 0 Å². The lowest BCUT2D eigenvalue weighted by atomic mass is 9.43. The van der Waals surface area contributed by atoms with E-state index in [1.807, 2.05) is 0 Å². The van der Waals surface area contributed by atoms with Gasteiger partial charge in [0.05, 0.1) is 5.69 Å². The number of nitrogens with zero attached hydrogens (tertiary/aromatic N) is 1. The monoisotopic (exact) mass is 715 g/mol. The molecule has 0 heterocycles. The van der Waals surface area contributed by atoms with E-state index in [4.69, 9.17) is 0 Å². The number of hydrogen-bond acceptors (Lipinski definition) is 1. The molecular weight excluding hydrogens is 663 g/mol. The highest BCUT2D eigenvalue weighted by atomic mass is 15.1. The molecule has 0 aliphatic heterocycles. The van der Waals surface area contributed by atoms with Crippen LogP contribution in [0, 0.1) is 23.7 Å². The largest absolute Gasteiger partial charge is 0.310 e. The van der Waals surface area contributed by atoms with Crippen LogP contribution in [0.3, 0.4) is 0 Å². The molecule has 1 nitrogen and oxygen atoms in total. The molecule has 0 radical (unpaired) electrons. The van der Waals surface area contributed by atoms with Gasteiger partial charge in [-0.3, -0.25) is 0 Å². The summed E-state index contributed by atoms with van der Waals surface area (Å²) in [5.41, 5.74) is 18.4. The van der Waals surface area contributed by atoms with Gasteiger partial charge in [-0.15, -0.1) is 0 Å². The molecule has 0 N–H and O–H groups in total. The van der Waals surface area contributed by atoms with Crippen LogP contribution in [0.1, 0.15) is 94.9 Å². The summed E-state index contributed by atoms with van der Waals surface area (Å²) in [6.07, 6.45) is 9.50. The first kappa shape index (κ1) is 33.5. The number of fused-ring (bicyclic) bond motifs is 4. The van der Waals surface area contributed by atoms with E-state index in [0.29, 0.717) is 0 Å². The molecule has 1 spiro atoms. The smallest absolute Gasteiger partial charge is 0.0543 e. The molecule has 6 aromatic rings. The second kappa shape index (κ2) is 12.1. The predicted octanol–water partition coefficient (Wildman–Crippen LogP) is 14.6. The Morgan fingerprint density at radius 3 is 1.76 bits per heavy atom. The first-order valence-electron chi connectivity index (χ1n) is 21.2. The van der Waals surface area contributed by atoms with Gasteiger partial charge in [0.2, 0.25) is 0 Å². The molecule has 0 amide bonds. The second-order valence-corrected chi connectivity index (χ2v) is 19.2. The first-order valence-corrected chi connectivity index (χ1v) is 21.2. The number of rotatable bonds is 5. The van der Waals surface area contributed by atoms with E-state index in [0.717, 1.165) is 23.7 Å². The summed E-state index contributed by atoms with van der Waals surface area (Å²) in [7, 11) is 0. The summed E-state index contributed by atoms with van der Waals surface area (Å²) in [6, 6.07) is 53.7. The molecule has 55 heavy (non-hydrogen) atoms. The van der Waals surface area contributed by atoms with Crippen LogP contribution in [0.15, 0.2) is 140 Å².